The molecule has 1 aliphatic heterocycles. The molecule has 1 atom stereocenters. The molecular weight excluding hydrogens is 242 g/mol. The van der Waals surface area contributed by atoms with Crippen LogP contribution >= 0.6 is 0 Å². The van der Waals surface area contributed by atoms with E-state index in [2.05, 4.69) is 0 Å². The lowest BCUT2D eigenvalue weighted by molar-refractivity contribution is -0.134. The van der Waals surface area contributed by atoms with Gasteiger partial charge < -0.3 is 14.7 Å². The number of ether oxygens (including phenoxy) is 1. The lowest BCUT2D eigenvalue weighted by Gasteiger charge is -2.23. The van der Waals surface area contributed by atoms with Gasteiger partial charge in [0.15, 0.2) is 6.61 Å². The Morgan fingerprint density at radius 3 is 2.95 bits per heavy atom. The number of hydrogen-bond donors (Lipinski definition) is 1. The van der Waals surface area contributed by atoms with Crippen molar-refractivity contribution in [3.63, 3.8) is 0 Å². The topological polar surface area (TPSA) is 49.8 Å². The van der Waals surface area contributed by atoms with Gasteiger partial charge in [0.1, 0.15) is 5.75 Å². The van der Waals surface area contributed by atoms with Crippen LogP contribution in [0.3, 0.4) is 0 Å². The highest BCUT2D eigenvalue weighted by Gasteiger charge is 2.28. The SMILES string of the molecule is Cc1ccc(OCC(=O)N2CCCC2CO)c(C)c1. The van der Waals surface area contributed by atoms with Crippen molar-refractivity contribution in [1.29, 1.82) is 0 Å². The van der Waals surface area contributed by atoms with Gasteiger partial charge >= 0.3 is 0 Å². The van der Waals surface area contributed by atoms with Gasteiger partial charge in [-0.3, -0.25) is 4.79 Å². The fraction of sp³-hybridized carbons (Fsp3) is 0.533. The van der Waals surface area contributed by atoms with Gasteiger partial charge in [0.2, 0.25) is 0 Å². The second-order valence-corrected chi connectivity index (χ2v) is 5.12. The number of hydrogen-bond acceptors (Lipinski definition) is 3. The number of aliphatic hydroxyl groups excluding tert-OH is 1. The van der Waals surface area contributed by atoms with Crippen molar-refractivity contribution in [3.05, 3.63) is 29.3 Å². The third kappa shape index (κ3) is 3.26. The maximum Gasteiger partial charge on any atom is 0.260 e. The van der Waals surface area contributed by atoms with Gasteiger partial charge in [-0.1, -0.05) is 17.7 Å². The maximum absolute atomic E-state index is 12.1. The van der Waals surface area contributed by atoms with Gasteiger partial charge in [-0.2, -0.15) is 0 Å². The summed E-state index contributed by atoms with van der Waals surface area (Å²) in [6.45, 7) is 4.80. The van der Waals surface area contributed by atoms with Crippen LogP contribution in [-0.2, 0) is 4.79 Å². The van der Waals surface area contributed by atoms with Crippen molar-refractivity contribution in [3.8, 4) is 5.75 Å². The number of aliphatic hydroxyl groups is 1. The molecule has 0 bridgehead atoms. The number of benzene rings is 1. The smallest absolute Gasteiger partial charge is 0.260 e. The standard InChI is InChI=1S/C15H21NO3/c1-11-5-6-14(12(2)8-11)19-10-15(18)16-7-3-4-13(16)9-17/h5-6,8,13,17H,3-4,7,9-10H2,1-2H3. The number of carbonyl (C=O) groups is 1. The largest absolute Gasteiger partial charge is 0.484 e. The number of amides is 1. The van der Waals surface area contributed by atoms with Crippen molar-refractivity contribution in [1.82, 2.24) is 4.90 Å². The van der Waals surface area contributed by atoms with E-state index in [1.165, 1.54) is 5.56 Å². The van der Waals surface area contributed by atoms with Crippen LogP contribution in [0.5, 0.6) is 5.75 Å². The Bertz CT molecular complexity index is 459. The summed E-state index contributed by atoms with van der Waals surface area (Å²) < 4.78 is 5.59. The quantitative estimate of drug-likeness (QED) is 0.899. The second-order valence-electron chi connectivity index (χ2n) is 5.12. The molecule has 4 nitrogen and oxygen atoms in total. The van der Waals surface area contributed by atoms with Crippen LogP contribution in [0.25, 0.3) is 0 Å². The molecule has 1 unspecified atom stereocenters. The first kappa shape index (κ1) is 13.9. The Labute approximate surface area is 114 Å². The molecule has 0 aliphatic carbocycles. The zero-order chi connectivity index (χ0) is 13.8. The van der Waals surface area contributed by atoms with Gasteiger partial charge in [0.25, 0.3) is 5.91 Å². The van der Waals surface area contributed by atoms with Crippen LogP contribution in [0.15, 0.2) is 18.2 Å². The van der Waals surface area contributed by atoms with E-state index < -0.39 is 0 Å². The molecule has 1 fully saturated rings. The summed E-state index contributed by atoms with van der Waals surface area (Å²) in [7, 11) is 0. The monoisotopic (exact) mass is 263 g/mol. The highest BCUT2D eigenvalue weighted by Crippen LogP contribution is 2.20. The fourth-order valence-corrected chi connectivity index (χ4v) is 2.54. The highest BCUT2D eigenvalue weighted by molar-refractivity contribution is 5.78. The summed E-state index contributed by atoms with van der Waals surface area (Å²) in [5.74, 6) is 0.704. The lowest BCUT2D eigenvalue weighted by Crippen LogP contribution is -2.40. The van der Waals surface area contributed by atoms with E-state index >= 15 is 0 Å². The molecule has 1 aromatic rings. The molecule has 0 saturated carbocycles. The van der Waals surface area contributed by atoms with E-state index in [0.29, 0.717) is 0 Å². The molecule has 19 heavy (non-hydrogen) atoms. The molecule has 1 amide bonds. The average molecular weight is 263 g/mol. The maximum atomic E-state index is 12.1. The van der Waals surface area contributed by atoms with Crippen LogP contribution in [0, 0.1) is 13.8 Å². The first-order valence-corrected chi connectivity index (χ1v) is 6.72. The Kier molecular flexibility index (Phi) is 4.43. The van der Waals surface area contributed by atoms with E-state index in [9.17, 15) is 9.90 Å². The molecule has 0 aromatic heterocycles. The van der Waals surface area contributed by atoms with E-state index in [-0.39, 0.29) is 25.2 Å². The van der Waals surface area contributed by atoms with Gasteiger partial charge in [-0.25, -0.2) is 0 Å². The molecule has 1 aliphatic rings. The van der Waals surface area contributed by atoms with E-state index in [0.717, 1.165) is 30.7 Å². The summed E-state index contributed by atoms with van der Waals surface area (Å²) in [5.41, 5.74) is 2.21. The number of aryl methyl sites for hydroxylation is 2. The van der Waals surface area contributed by atoms with Crippen molar-refractivity contribution in [2.75, 3.05) is 19.8 Å². The summed E-state index contributed by atoms with van der Waals surface area (Å²) in [6, 6.07) is 5.87. The average Bonchev–Trinajstić information content (AvgIpc) is 2.85. The zero-order valence-corrected chi connectivity index (χ0v) is 11.6. The second kappa shape index (κ2) is 6.06. The molecule has 1 N–H and O–H groups in total. The summed E-state index contributed by atoms with van der Waals surface area (Å²) in [5, 5.41) is 9.21. The van der Waals surface area contributed by atoms with E-state index in [1.807, 2.05) is 32.0 Å². The molecule has 1 saturated heterocycles. The Balaban J connectivity index is 1.93. The predicted octanol–water partition coefficient (Wildman–Crippen LogP) is 1.67. The van der Waals surface area contributed by atoms with Crippen LogP contribution in [-0.4, -0.2) is 41.7 Å². The summed E-state index contributed by atoms with van der Waals surface area (Å²) >= 11 is 0. The van der Waals surface area contributed by atoms with Gasteiger partial charge in [0, 0.05) is 6.54 Å². The number of likely N-dealkylation sites (tertiary alicyclic amines) is 1. The van der Waals surface area contributed by atoms with Gasteiger partial charge in [-0.15, -0.1) is 0 Å². The molecule has 2 rings (SSSR count). The third-order valence-electron chi connectivity index (χ3n) is 3.59. The molecule has 1 aromatic carbocycles. The summed E-state index contributed by atoms with van der Waals surface area (Å²) in [6.07, 6.45) is 1.84. The first-order chi connectivity index (χ1) is 9.11. The van der Waals surface area contributed by atoms with Crippen LogP contribution < -0.4 is 4.74 Å². The lowest BCUT2D eigenvalue weighted by atomic mass is 10.1. The third-order valence-corrected chi connectivity index (χ3v) is 3.59. The van der Waals surface area contributed by atoms with Gasteiger partial charge in [-0.05, 0) is 38.3 Å². The molecule has 4 heteroatoms. The molecule has 0 radical (unpaired) electrons. The zero-order valence-electron chi connectivity index (χ0n) is 11.6. The number of rotatable bonds is 4. The highest BCUT2D eigenvalue weighted by atomic mass is 16.5. The fourth-order valence-electron chi connectivity index (χ4n) is 2.54. The van der Waals surface area contributed by atoms with Gasteiger partial charge in [0.05, 0.1) is 12.6 Å². The van der Waals surface area contributed by atoms with E-state index in [1.54, 1.807) is 4.90 Å². The van der Waals surface area contributed by atoms with Crippen molar-refractivity contribution >= 4 is 5.91 Å². The molecule has 104 valence electrons. The Morgan fingerprint density at radius 1 is 1.47 bits per heavy atom. The van der Waals surface area contributed by atoms with Crippen molar-refractivity contribution < 1.29 is 14.6 Å². The van der Waals surface area contributed by atoms with Crippen molar-refractivity contribution in [2.45, 2.75) is 32.7 Å². The Hall–Kier alpha value is -1.55. The first-order valence-electron chi connectivity index (χ1n) is 6.72. The van der Waals surface area contributed by atoms with Crippen LogP contribution in [0.4, 0.5) is 0 Å². The minimum absolute atomic E-state index is 0.0322. The normalized spacial score (nSPS) is 18.7. The number of nitrogens with zero attached hydrogens (tertiary/aromatic N) is 1. The van der Waals surface area contributed by atoms with Crippen LogP contribution in [0.1, 0.15) is 24.0 Å². The summed E-state index contributed by atoms with van der Waals surface area (Å²) in [4.78, 5) is 13.8. The Morgan fingerprint density at radius 2 is 2.26 bits per heavy atom. The minimum atomic E-state index is -0.0449. The molecule has 0 spiro atoms. The molecular formula is C15H21NO3. The van der Waals surface area contributed by atoms with Crippen molar-refractivity contribution in [2.24, 2.45) is 0 Å². The molecule has 1 heterocycles. The number of carbonyl (C=O) groups excluding carboxylic acids is 1. The van der Waals surface area contributed by atoms with E-state index in [4.69, 9.17) is 4.74 Å². The predicted molar refractivity (Wildman–Crippen MR) is 73.2 cm³/mol. The minimum Gasteiger partial charge on any atom is -0.484 e. The van der Waals surface area contributed by atoms with Crippen LogP contribution in [0.2, 0.25) is 0 Å².